The number of carbonyl (C=O) groups excluding carboxylic acids is 1. The molecule has 1 amide bonds. The van der Waals surface area contributed by atoms with Crippen molar-refractivity contribution in [1.82, 2.24) is 9.55 Å². The standard InChI is InChI=1S/C12H11N3O3/c16-10(14-9-4-2-1-3-5-9)8-15-11(17)6-7-13-12(15)18/h1-7H,8H2,(H,13,18)(H,14,16). The maximum Gasteiger partial charge on any atom is 0.328 e. The lowest BCUT2D eigenvalue weighted by Gasteiger charge is -2.05. The summed E-state index contributed by atoms with van der Waals surface area (Å²) in [4.78, 5) is 36.7. The van der Waals surface area contributed by atoms with Crippen molar-refractivity contribution in [2.45, 2.75) is 6.54 Å². The van der Waals surface area contributed by atoms with Gasteiger partial charge in [-0.1, -0.05) is 18.2 Å². The Labute approximate surface area is 102 Å². The molecular weight excluding hydrogens is 234 g/mol. The van der Waals surface area contributed by atoms with Crippen molar-refractivity contribution >= 4 is 11.6 Å². The molecule has 0 aliphatic carbocycles. The number of nitrogens with zero attached hydrogens (tertiary/aromatic N) is 1. The first-order valence-electron chi connectivity index (χ1n) is 5.30. The smallest absolute Gasteiger partial charge is 0.325 e. The highest BCUT2D eigenvalue weighted by Gasteiger charge is 2.07. The Hall–Kier alpha value is -2.63. The summed E-state index contributed by atoms with van der Waals surface area (Å²) < 4.78 is 0.832. The average Bonchev–Trinajstić information content (AvgIpc) is 2.35. The number of anilines is 1. The maximum absolute atomic E-state index is 11.7. The normalized spacial score (nSPS) is 10.0. The minimum Gasteiger partial charge on any atom is -0.325 e. The van der Waals surface area contributed by atoms with Crippen molar-refractivity contribution in [3.63, 3.8) is 0 Å². The molecule has 0 fully saturated rings. The van der Waals surface area contributed by atoms with E-state index < -0.39 is 17.2 Å². The van der Waals surface area contributed by atoms with Gasteiger partial charge in [-0.25, -0.2) is 4.79 Å². The van der Waals surface area contributed by atoms with Gasteiger partial charge in [-0.3, -0.25) is 14.2 Å². The molecule has 0 aliphatic heterocycles. The maximum atomic E-state index is 11.7. The Morgan fingerprint density at radius 3 is 2.56 bits per heavy atom. The van der Waals surface area contributed by atoms with Crippen LogP contribution in [0.5, 0.6) is 0 Å². The second-order valence-corrected chi connectivity index (χ2v) is 3.62. The van der Waals surface area contributed by atoms with Gasteiger partial charge in [0.1, 0.15) is 6.54 Å². The van der Waals surface area contributed by atoms with Crippen LogP contribution in [-0.4, -0.2) is 15.5 Å². The quantitative estimate of drug-likeness (QED) is 0.808. The van der Waals surface area contributed by atoms with E-state index in [1.54, 1.807) is 24.3 Å². The number of rotatable bonds is 3. The summed E-state index contributed by atoms with van der Waals surface area (Å²) >= 11 is 0. The fourth-order valence-corrected chi connectivity index (χ4v) is 1.47. The fourth-order valence-electron chi connectivity index (χ4n) is 1.47. The minimum absolute atomic E-state index is 0.316. The van der Waals surface area contributed by atoms with E-state index in [0.717, 1.165) is 4.57 Å². The summed E-state index contributed by atoms with van der Waals surface area (Å²) in [6.45, 7) is -0.316. The lowest BCUT2D eigenvalue weighted by Crippen LogP contribution is -2.37. The molecule has 2 aromatic rings. The van der Waals surface area contributed by atoms with E-state index in [0.29, 0.717) is 5.69 Å². The van der Waals surface area contributed by atoms with E-state index in [-0.39, 0.29) is 6.54 Å². The first kappa shape index (κ1) is 11.8. The topological polar surface area (TPSA) is 84.0 Å². The summed E-state index contributed by atoms with van der Waals surface area (Å²) in [5, 5.41) is 2.59. The highest BCUT2D eigenvalue weighted by Crippen LogP contribution is 2.04. The zero-order valence-corrected chi connectivity index (χ0v) is 9.42. The molecule has 0 bridgehead atoms. The van der Waals surface area contributed by atoms with Crippen LogP contribution in [0.15, 0.2) is 52.2 Å². The van der Waals surface area contributed by atoms with E-state index in [1.807, 2.05) is 6.07 Å². The number of hydrogen-bond donors (Lipinski definition) is 2. The lowest BCUT2D eigenvalue weighted by atomic mass is 10.3. The van der Waals surface area contributed by atoms with Gasteiger partial charge in [0.15, 0.2) is 0 Å². The fraction of sp³-hybridized carbons (Fsp3) is 0.0833. The molecule has 2 N–H and O–H groups in total. The molecule has 2 rings (SSSR count). The van der Waals surface area contributed by atoms with E-state index in [4.69, 9.17) is 0 Å². The number of aromatic nitrogens is 2. The predicted molar refractivity (Wildman–Crippen MR) is 66.4 cm³/mol. The van der Waals surface area contributed by atoms with Crippen molar-refractivity contribution in [1.29, 1.82) is 0 Å². The van der Waals surface area contributed by atoms with Gasteiger partial charge in [0, 0.05) is 18.0 Å². The Balaban J connectivity index is 2.13. The Bertz CT molecular complexity index is 630. The molecule has 0 radical (unpaired) electrons. The van der Waals surface area contributed by atoms with Crippen LogP contribution in [0.4, 0.5) is 5.69 Å². The number of amides is 1. The number of nitrogens with one attached hydrogen (secondary N) is 2. The van der Waals surface area contributed by atoms with E-state index >= 15 is 0 Å². The van der Waals surface area contributed by atoms with Crippen molar-refractivity contribution in [2.24, 2.45) is 0 Å². The van der Waals surface area contributed by atoms with Gasteiger partial charge in [0.2, 0.25) is 5.91 Å². The summed E-state index contributed by atoms with van der Waals surface area (Å²) in [6.07, 6.45) is 1.25. The molecule has 6 nitrogen and oxygen atoms in total. The molecule has 0 unspecified atom stereocenters. The van der Waals surface area contributed by atoms with Crippen LogP contribution in [0, 0.1) is 0 Å². The first-order chi connectivity index (χ1) is 8.66. The highest BCUT2D eigenvalue weighted by molar-refractivity contribution is 5.90. The number of para-hydroxylation sites is 1. The van der Waals surface area contributed by atoms with Gasteiger partial charge in [0.25, 0.3) is 5.56 Å². The van der Waals surface area contributed by atoms with Crippen LogP contribution in [0.25, 0.3) is 0 Å². The second-order valence-electron chi connectivity index (χ2n) is 3.62. The molecule has 18 heavy (non-hydrogen) atoms. The molecule has 92 valence electrons. The zero-order valence-electron chi connectivity index (χ0n) is 9.42. The number of benzene rings is 1. The number of hydrogen-bond acceptors (Lipinski definition) is 3. The Kier molecular flexibility index (Phi) is 3.38. The predicted octanol–water partition coefficient (Wildman–Crippen LogP) is 0.175. The van der Waals surface area contributed by atoms with E-state index in [1.165, 1.54) is 12.3 Å². The largest absolute Gasteiger partial charge is 0.328 e. The van der Waals surface area contributed by atoms with Crippen LogP contribution < -0.4 is 16.6 Å². The molecule has 1 aromatic carbocycles. The first-order valence-corrected chi connectivity index (χ1v) is 5.30. The van der Waals surface area contributed by atoms with E-state index in [2.05, 4.69) is 10.3 Å². The summed E-state index contributed by atoms with van der Waals surface area (Å²) in [5.74, 6) is -0.431. The van der Waals surface area contributed by atoms with Gasteiger partial charge >= 0.3 is 5.69 Å². The molecule has 0 spiro atoms. The third kappa shape index (κ3) is 2.73. The number of aromatic amines is 1. The summed E-state index contributed by atoms with van der Waals surface area (Å²) in [6, 6.07) is 10.00. The number of H-pyrrole nitrogens is 1. The molecule has 1 heterocycles. The lowest BCUT2D eigenvalue weighted by molar-refractivity contribution is -0.116. The Morgan fingerprint density at radius 1 is 1.17 bits per heavy atom. The van der Waals surface area contributed by atoms with Crippen LogP contribution in [0.3, 0.4) is 0 Å². The molecule has 0 aliphatic rings. The molecule has 0 saturated carbocycles. The third-order valence-electron chi connectivity index (χ3n) is 2.30. The van der Waals surface area contributed by atoms with Crippen molar-refractivity contribution < 1.29 is 4.79 Å². The van der Waals surface area contributed by atoms with Crippen LogP contribution in [0.2, 0.25) is 0 Å². The number of carbonyl (C=O) groups is 1. The van der Waals surface area contributed by atoms with E-state index in [9.17, 15) is 14.4 Å². The molecule has 0 saturated heterocycles. The molecular formula is C12H11N3O3. The molecule has 1 aromatic heterocycles. The monoisotopic (exact) mass is 245 g/mol. The van der Waals surface area contributed by atoms with Gasteiger partial charge in [-0.05, 0) is 12.1 Å². The van der Waals surface area contributed by atoms with Gasteiger partial charge in [-0.2, -0.15) is 0 Å². The highest BCUT2D eigenvalue weighted by atomic mass is 16.2. The van der Waals surface area contributed by atoms with Gasteiger partial charge < -0.3 is 10.3 Å². The molecule has 0 atom stereocenters. The average molecular weight is 245 g/mol. The SMILES string of the molecule is O=C(Cn1c(=O)cc[nH]c1=O)Nc1ccccc1. The van der Waals surface area contributed by atoms with Crippen LogP contribution in [-0.2, 0) is 11.3 Å². The summed E-state index contributed by atoms with van der Waals surface area (Å²) in [5.41, 5.74) is -0.504. The van der Waals surface area contributed by atoms with Crippen LogP contribution >= 0.6 is 0 Å². The third-order valence-corrected chi connectivity index (χ3v) is 2.30. The van der Waals surface area contributed by atoms with Crippen molar-refractivity contribution in [2.75, 3.05) is 5.32 Å². The van der Waals surface area contributed by atoms with Crippen molar-refractivity contribution in [3.05, 3.63) is 63.4 Å². The van der Waals surface area contributed by atoms with Crippen LogP contribution in [0.1, 0.15) is 0 Å². The molecule has 6 heteroatoms. The Morgan fingerprint density at radius 2 is 1.89 bits per heavy atom. The minimum atomic E-state index is -0.606. The van der Waals surface area contributed by atoms with Gasteiger partial charge in [-0.15, -0.1) is 0 Å². The second kappa shape index (κ2) is 5.13. The summed E-state index contributed by atoms with van der Waals surface area (Å²) in [7, 11) is 0. The van der Waals surface area contributed by atoms with Crippen molar-refractivity contribution in [3.8, 4) is 0 Å². The van der Waals surface area contributed by atoms with Gasteiger partial charge in [0.05, 0.1) is 0 Å². The zero-order chi connectivity index (χ0) is 13.0.